The smallest absolute Gasteiger partial charge is 0.151 e. The summed E-state index contributed by atoms with van der Waals surface area (Å²) in [5, 5.41) is 17.9. The number of hydrogen-bond donors (Lipinski definition) is 1. The van der Waals surface area contributed by atoms with Crippen LogP contribution in [-0.4, -0.2) is 34.5 Å². The molecule has 2 aromatic rings. The first-order chi connectivity index (χ1) is 10.1. The highest BCUT2D eigenvalue weighted by Crippen LogP contribution is 2.24. The molecule has 1 aliphatic rings. The van der Waals surface area contributed by atoms with E-state index in [1.807, 2.05) is 12.1 Å². The maximum Gasteiger partial charge on any atom is 0.151 e. The fourth-order valence-electron chi connectivity index (χ4n) is 2.40. The summed E-state index contributed by atoms with van der Waals surface area (Å²) in [6.07, 6.45) is 1.27. The number of rotatable bonds is 2. The lowest BCUT2D eigenvalue weighted by Gasteiger charge is -2.30. The molecule has 0 amide bonds. The molecule has 1 saturated heterocycles. The predicted molar refractivity (Wildman–Crippen MR) is 79.9 cm³/mol. The van der Waals surface area contributed by atoms with Gasteiger partial charge in [0.1, 0.15) is 5.82 Å². The van der Waals surface area contributed by atoms with E-state index in [9.17, 15) is 9.50 Å². The van der Waals surface area contributed by atoms with Gasteiger partial charge in [0, 0.05) is 18.7 Å². The van der Waals surface area contributed by atoms with E-state index >= 15 is 0 Å². The molecule has 1 aromatic heterocycles. The second-order valence-corrected chi connectivity index (χ2v) is 5.53. The van der Waals surface area contributed by atoms with E-state index in [-0.39, 0.29) is 11.1 Å². The zero-order valence-electron chi connectivity index (χ0n) is 11.3. The largest absolute Gasteiger partial charge is 0.393 e. The molecule has 0 radical (unpaired) electrons. The number of aliphatic hydroxyl groups is 1. The third-order valence-electron chi connectivity index (χ3n) is 3.65. The summed E-state index contributed by atoms with van der Waals surface area (Å²) < 4.78 is 13.5. The number of halogens is 2. The van der Waals surface area contributed by atoms with Crippen molar-refractivity contribution in [1.82, 2.24) is 10.2 Å². The summed E-state index contributed by atoms with van der Waals surface area (Å²) in [7, 11) is 0. The molecule has 110 valence electrons. The minimum absolute atomic E-state index is 0.0928. The molecule has 2 heterocycles. The predicted octanol–water partition coefficient (Wildman–Crippen LogP) is 2.90. The molecule has 1 aliphatic heterocycles. The van der Waals surface area contributed by atoms with Crippen molar-refractivity contribution in [1.29, 1.82) is 0 Å². The van der Waals surface area contributed by atoms with Crippen molar-refractivity contribution < 1.29 is 9.50 Å². The van der Waals surface area contributed by atoms with E-state index in [1.54, 1.807) is 6.07 Å². The minimum atomic E-state index is -0.468. The Hall–Kier alpha value is -1.72. The van der Waals surface area contributed by atoms with E-state index in [1.165, 1.54) is 12.1 Å². The lowest BCUT2D eigenvalue weighted by Crippen LogP contribution is -2.36. The first-order valence-corrected chi connectivity index (χ1v) is 7.23. The van der Waals surface area contributed by atoms with Gasteiger partial charge in [0.05, 0.1) is 16.8 Å². The van der Waals surface area contributed by atoms with Gasteiger partial charge in [0.2, 0.25) is 0 Å². The van der Waals surface area contributed by atoms with Crippen LogP contribution in [-0.2, 0) is 0 Å². The molecule has 0 saturated carbocycles. The van der Waals surface area contributed by atoms with E-state index < -0.39 is 5.82 Å². The summed E-state index contributed by atoms with van der Waals surface area (Å²) in [6, 6.07) is 8.26. The SMILES string of the molecule is OC1CCN(c2ccc(-c3ccc(Cl)c(F)c3)nn2)CC1. The maximum atomic E-state index is 13.5. The van der Waals surface area contributed by atoms with Gasteiger partial charge in [-0.25, -0.2) is 4.39 Å². The van der Waals surface area contributed by atoms with Crippen molar-refractivity contribution in [2.24, 2.45) is 0 Å². The molecule has 0 atom stereocenters. The molecule has 0 spiro atoms. The molecular weight excluding hydrogens is 293 g/mol. The van der Waals surface area contributed by atoms with Gasteiger partial charge in [-0.15, -0.1) is 10.2 Å². The summed E-state index contributed by atoms with van der Waals surface area (Å²) in [5.74, 6) is 0.310. The van der Waals surface area contributed by atoms with E-state index in [0.717, 1.165) is 31.7 Å². The number of benzene rings is 1. The highest BCUT2D eigenvalue weighted by atomic mass is 35.5. The molecule has 0 unspecified atom stereocenters. The zero-order chi connectivity index (χ0) is 14.8. The standard InChI is InChI=1S/C15H15ClFN3O/c16-12-2-1-10(9-13(12)17)14-3-4-15(19-18-14)20-7-5-11(21)6-8-20/h1-4,9,11,21H,5-8H2. The van der Waals surface area contributed by atoms with E-state index in [4.69, 9.17) is 11.6 Å². The van der Waals surface area contributed by atoms with Crippen LogP contribution in [0.2, 0.25) is 5.02 Å². The number of anilines is 1. The maximum absolute atomic E-state index is 13.5. The van der Waals surface area contributed by atoms with Crippen LogP contribution in [0.25, 0.3) is 11.3 Å². The second kappa shape index (κ2) is 5.95. The Morgan fingerprint density at radius 1 is 1.14 bits per heavy atom. The Bertz CT molecular complexity index is 627. The molecule has 4 nitrogen and oxygen atoms in total. The van der Waals surface area contributed by atoms with Gasteiger partial charge in [-0.3, -0.25) is 0 Å². The molecule has 1 aromatic carbocycles. The van der Waals surface area contributed by atoms with Crippen LogP contribution in [0.3, 0.4) is 0 Å². The van der Waals surface area contributed by atoms with Gasteiger partial charge >= 0.3 is 0 Å². The van der Waals surface area contributed by atoms with Crippen LogP contribution in [0.4, 0.5) is 10.2 Å². The Morgan fingerprint density at radius 2 is 1.90 bits per heavy atom. The monoisotopic (exact) mass is 307 g/mol. The summed E-state index contributed by atoms with van der Waals surface area (Å²) in [6.45, 7) is 1.54. The second-order valence-electron chi connectivity index (χ2n) is 5.12. The third kappa shape index (κ3) is 3.14. The average Bonchev–Trinajstić information content (AvgIpc) is 2.51. The van der Waals surface area contributed by atoms with Crippen molar-refractivity contribution in [3.05, 3.63) is 41.2 Å². The van der Waals surface area contributed by atoms with Crippen LogP contribution >= 0.6 is 11.6 Å². The Labute approximate surface area is 127 Å². The van der Waals surface area contributed by atoms with E-state index in [2.05, 4.69) is 15.1 Å². The van der Waals surface area contributed by atoms with Gasteiger partial charge in [-0.1, -0.05) is 17.7 Å². The number of aromatic nitrogens is 2. The fraction of sp³-hybridized carbons (Fsp3) is 0.333. The normalized spacial score (nSPS) is 16.2. The highest BCUT2D eigenvalue weighted by molar-refractivity contribution is 6.30. The quantitative estimate of drug-likeness (QED) is 0.927. The minimum Gasteiger partial charge on any atom is -0.393 e. The van der Waals surface area contributed by atoms with Crippen molar-refractivity contribution in [2.45, 2.75) is 18.9 Å². The summed E-state index contributed by atoms with van der Waals surface area (Å²) in [5.41, 5.74) is 1.25. The number of hydrogen-bond acceptors (Lipinski definition) is 4. The van der Waals surface area contributed by atoms with Crippen LogP contribution in [0.1, 0.15) is 12.8 Å². The molecule has 3 rings (SSSR count). The zero-order valence-corrected chi connectivity index (χ0v) is 12.1. The fourth-order valence-corrected chi connectivity index (χ4v) is 2.52. The summed E-state index contributed by atoms with van der Waals surface area (Å²) in [4.78, 5) is 2.09. The van der Waals surface area contributed by atoms with Gasteiger partial charge in [0.25, 0.3) is 0 Å². The number of piperidine rings is 1. The topological polar surface area (TPSA) is 49.2 Å². The molecule has 6 heteroatoms. The molecule has 21 heavy (non-hydrogen) atoms. The van der Waals surface area contributed by atoms with Crippen molar-refractivity contribution >= 4 is 17.4 Å². The van der Waals surface area contributed by atoms with Crippen LogP contribution in [0.15, 0.2) is 30.3 Å². The van der Waals surface area contributed by atoms with Gasteiger partial charge in [-0.2, -0.15) is 0 Å². The molecule has 1 N–H and O–H groups in total. The van der Waals surface area contributed by atoms with Gasteiger partial charge < -0.3 is 10.0 Å². The Balaban J connectivity index is 1.79. The first kappa shape index (κ1) is 14.2. The van der Waals surface area contributed by atoms with Gasteiger partial charge in [-0.05, 0) is 37.1 Å². The Kier molecular flexibility index (Phi) is 4.03. The van der Waals surface area contributed by atoms with Crippen LogP contribution in [0, 0.1) is 5.82 Å². The highest BCUT2D eigenvalue weighted by Gasteiger charge is 2.18. The number of nitrogens with zero attached hydrogens (tertiary/aromatic N) is 3. The van der Waals surface area contributed by atoms with Crippen LogP contribution in [0.5, 0.6) is 0 Å². The molecule has 1 fully saturated rings. The Morgan fingerprint density at radius 3 is 2.52 bits per heavy atom. The lowest BCUT2D eigenvalue weighted by atomic mass is 10.1. The average molecular weight is 308 g/mol. The van der Waals surface area contributed by atoms with Crippen LogP contribution < -0.4 is 4.90 Å². The molecule has 0 aliphatic carbocycles. The lowest BCUT2D eigenvalue weighted by molar-refractivity contribution is 0.145. The number of aliphatic hydroxyl groups excluding tert-OH is 1. The van der Waals surface area contributed by atoms with Gasteiger partial charge in [0.15, 0.2) is 5.82 Å². The molecular formula is C15H15ClFN3O. The van der Waals surface area contributed by atoms with E-state index in [0.29, 0.717) is 11.3 Å². The van der Waals surface area contributed by atoms with Crippen molar-refractivity contribution in [3.8, 4) is 11.3 Å². The molecule has 0 bridgehead atoms. The van der Waals surface area contributed by atoms with Crippen molar-refractivity contribution in [2.75, 3.05) is 18.0 Å². The first-order valence-electron chi connectivity index (χ1n) is 6.85. The van der Waals surface area contributed by atoms with Crippen molar-refractivity contribution in [3.63, 3.8) is 0 Å². The summed E-state index contributed by atoms with van der Waals surface area (Å²) >= 11 is 5.67. The third-order valence-corrected chi connectivity index (χ3v) is 3.96.